The van der Waals surface area contributed by atoms with Crippen LogP contribution in [0.15, 0.2) is 0 Å². The number of nitrogens with zero attached hydrogens (tertiary/aromatic N) is 2. The van der Waals surface area contributed by atoms with E-state index in [2.05, 4.69) is 24.3 Å². The molecule has 0 aliphatic carbocycles. The smallest absolute Gasteiger partial charge is 0.163 e. The van der Waals surface area contributed by atoms with Crippen molar-refractivity contribution >= 4 is 0 Å². The molecule has 5 nitrogen and oxygen atoms in total. The minimum absolute atomic E-state index is 0.202. The molecule has 1 saturated heterocycles. The molecule has 2 atom stereocenters. The summed E-state index contributed by atoms with van der Waals surface area (Å²) in [4.78, 5) is 0. The van der Waals surface area contributed by atoms with Gasteiger partial charge in [-0.25, -0.2) is 0 Å². The highest BCUT2D eigenvalue weighted by Gasteiger charge is 2.26. The first-order valence-corrected chi connectivity index (χ1v) is 7.49. The van der Waals surface area contributed by atoms with Gasteiger partial charge in [0.15, 0.2) is 5.75 Å². The zero-order chi connectivity index (χ0) is 14.7. The van der Waals surface area contributed by atoms with Crippen LogP contribution in [0.2, 0.25) is 0 Å². The van der Waals surface area contributed by atoms with E-state index in [4.69, 9.17) is 9.47 Å². The van der Waals surface area contributed by atoms with Crippen LogP contribution >= 0.6 is 0 Å². The minimum Gasteiger partial charge on any atom is -0.487 e. The van der Waals surface area contributed by atoms with Gasteiger partial charge in [-0.2, -0.15) is 5.10 Å². The summed E-state index contributed by atoms with van der Waals surface area (Å²) >= 11 is 0. The molecular weight excluding hydrogens is 254 g/mol. The summed E-state index contributed by atoms with van der Waals surface area (Å²) in [6.07, 6.45) is 2.71. The van der Waals surface area contributed by atoms with Crippen LogP contribution in [0.3, 0.4) is 0 Å². The van der Waals surface area contributed by atoms with E-state index >= 15 is 0 Å². The van der Waals surface area contributed by atoms with Crippen molar-refractivity contribution in [3.63, 3.8) is 0 Å². The third kappa shape index (κ3) is 3.73. The molecule has 1 N–H and O–H groups in total. The van der Waals surface area contributed by atoms with Gasteiger partial charge in [0.2, 0.25) is 0 Å². The van der Waals surface area contributed by atoms with E-state index in [1.54, 1.807) is 0 Å². The zero-order valence-electron chi connectivity index (χ0n) is 13.3. The number of aromatic nitrogens is 2. The van der Waals surface area contributed by atoms with Crippen molar-refractivity contribution in [1.82, 2.24) is 15.1 Å². The summed E-state index contributed by atoms with van der Waals surface area (Å²) in [5, 5.41) is 7.78. The van der Waals surface area contributed by atoms with Gasteiger partial charge >= 0.3 is 0 Å². The van der Waals surface area contributed by atoms with Crippen LogP contribution < -0.4 is 10.1 Å². The Labute approximate surface area is 121 Å². The lowest BCUT2D eigenvalue weighted by molar-refractivity contribution is 0.0176. The molecule has 0 spiro atoms. The zero-order valence-corrected chi connectivity index (χ0v) is 13.3. The van der Waals surface area contributed by atoms with Crippen LogP contribution in [-0.4, -0.2) is 41.2 Å². The van der Waals surface area contributed by atoms with Gasteiger partial charge in [-0.15, -0.1) is 0 Å². The Morgan fingerprint density at radius 2 is 2.05 bits per heavy atom. The van der Waals surface area contributed by atoms with E-state index < -0.39 is 0 Å². The number of rotatable bonds is 6. The molecule has 1 aliphatic heterocycles. The normalized spacial score (nSPS) is 22.7. The fourth-order valence-corrected chi connectivity index (χ4v) is 2.56. The summed E-state index contributed by atoms with van der Waals surface area (Å²) < 4.78 is 13.8. The van der Waals surface area contributed by atoms with E-state index in [9.17, 15) is 0 Å². The summed E-state index contributed by atoms with van der Waals surface area (Å²) in [6.45, 7) is 9.87. The Kier molecular flexibility index (Phi) is 5.05. The standard InChI is InChI=1S/C15H27N3O2/c1-10(2)16-8-13-6-7-14(20-13)9-19-15-11(3)17-18(5)12(15)4/h10,13-14,16H,6-9H2,1-5H3. The van der Waals surface area contributed by atoms with Gasteiger partial charge in [0, 0.05) is 19.6 Å². The monoisotopic (exact) mass is 281 g/mol. The van der Waals surface area contributed by atoms with Crippen LogP contribution in [0, 0.1) is 13.8 Å². The van der Waals surface area contributed by atoms with Crippen LogP contribution in [-0.2, 0) is 11.8 Å². The van der Waals surface area contributed by atoms with Crippen molar-refractivity contribution in [2.75, 3.05) is 13.2 Å². The van der Waals surface area contributed by atoms with Gasteiger partial charge in [-0.3, -0.25) is 4.68 Å². The molecule has 2 rings (SSSR count). The predicted molar refractivity (Wildman–Crippen MR) is 79.2 cm³/mol. The minimum atomic E-state index is 0.202. The van der Waals surface area contributed by atoms with Gasteiger partial charge in [0.1, 0.15) is 12.3 Å². The highest BCUT2D eigenvalue weighted by atomic mass is 16.5. The lowest BCUT2D eigenvalue weighted by Gasteiger charge is -2.16. The maximum absolute atomic E-state index is 6.01. The van der Waals surface area contributed by atoms with Gasteiger partial charge in [0.05, 0.1) is 17.9 Å². The van der Waals surface area contributed by atoms with Crippen molar-refractivity contribution in [2.45, 2.75) is 58.8 Å². The molecule has 114 valence electrons. The molecule has 1 aliphatic rings. The van der Waals surface area contributed by atoms with E-state index in [1.165, 1.54) is 0 Å². The molecule has 0 bridgehead atoms. The molecule has 0 saturated carbocycles. The van der Waals surface area contributed by atoms with Gasteiger partial charge in [-0.1, -0.05) is 13.8 Å². The predicted octanol–water partition coefficient (Wildman–Crippen LogP) is 1.96. The quantitative estimate of drug-likeness (QED) is 0.866. The third-order valence-corrected chi connectivity index (χ3v) is 3.81. The van der Waals surface area contributed by atoms with Crippen molar-refractivity contribution in [3.05, 3.63) is 11.4 Å². The summed E-state index contributed by atoms with van der Waals surface area (Å²) in [7, 11) is 1.94. The first kappa shape index (κ1) is 15.3. The fourth-order valence-electron chi connectivity index (χ4n) is 2.56. The first-order valence-electron chi connectivity index (χ1n) is 7.49. The molecule has 1 aromatic rings. The van der Waals surface area contributed by atoms with Crippen molar-refractivity contribution in [1.29, 1.82) is 0 Å². The van der Waals surface area contributed by atoms with Crippen molar-refractivity contribution < 1.29 is 9.47 Å². The first-order chi connectivity index (χ1) is 9.47. The molecule has 20 heavy (non-hydrogen) atoms. The maximum atomic E-state index is 6.01. The molecule has 0 aromatic carbocycles. The third-order valence-electron chi connectivity index (χ3n) is 3.81. The summed E-state index contributed by atoms with van der Waals surface area (Å²) in [5.74, 6) is 0.903. The van der Waals surface area contributed by atoms with Crippen molar-refractivity contribution in [2.24, 2.45) is 7.05 Å². The van der Waals surface area contributed by atoms with Gasteiger partial charge in [0.25, 0.3) is 0 Å². The second-order valence-electron chi connectivity index (χ2n) is 5.95. The summed E-state index contributed by atoms with van der Waals surface area (Å²) in [6, 6.07) is 0.509. The van der Waals surface area contributed by atoms with Crippen molar-refractivity contribution in [3.8, 4) is 5.75 Å². The summed E-state index contributed by atoms with van der Waals surface area (Å²) in [5.41, 5.74) is 2.01. The second-order valence-corrected chi connectivity index (χ2v) is 5.95. The van der Waals surface area contributed by atoms with E-state index in [0.717, 1.165) is 36.5 Å². The van der Waals surface area contributed by atoms with Crippen LogP contribution in [0.4, 0.5) is 0 Å². The Balaban J connectivity index is 1.78. The van der Waals surface area contributed by atoms with E-state index in [0.29, 0.717) is 18.8 Å². The molecular formula is C15H27N3O2. The Morgan fingerprint density at radius 3 is 2.65 bits per heavy atom. The molecule has 2 heterocycles. The second kappa shape index (κ2) is 6.59. The maximum Gasteiger partial charge on any atom is 0.163 e. The molecule has 5 heteroatoms. The number of aryl methyl sites for hydroxylation is 2. The number of hydrogen-bond acceptors (Lipinski definition) is 4. The highest BCUT2D eigenvalue weighted by molar-refractivity contribution is 5.31. The van der Waals surface area contributed by atoms with Crippen LogP contribution in [0.5, 0.6) is 5.75 Å². The largest absolute Gasteiger partial charge is 0.487 e. The Bertz CT molecular complexity index is 443. The Morgan fingerprint density at radius 1 is 1.35 bits per heavy atom. The van der Waals surface area contributed by atoms with E-state index in [-0.39, 0.29) is 6.10 Å². The van der Waals surface area contributed by atoms with Crippen LogP contribution in [0.1, 0.15) is 38.1 Å². The van der Waals surface area contributed by atoms with Gasteiger partial charge < -0.3 is 14.8 Å². The van der Waals surface area contributed by atoms with Crippen LogP contribution in [0.25, 0.3) is 0 Å². The van der Waals surface area contributed by atoms with Gasteiger partial charge in [-0.05, 0) is 26.7 Å². The molecule has 1 aromatic heterocycles. The number of ether oxygens (including phenoxy) is 2. The fraction of sp³-hybridized carbons (Fsp3) is 0.800. The SMILES string of the molecule is Cc1nn(C)c(C)c1OCC1CCC(CNC(C)C)O1. The average molecular weight is 281 g/mol. The Hall–Kier alpha value is -1.07. The van der Waals surface area contributed by atoms with E-state index in [1.807, 2.05) is 25.6 Å². The average Bonchev–Trinajstić information content (AvgIpc) is 2.92. The molecule has 1 fully saturated rings. The number of nitrogens with one attached hydrogen (secondary N) is 1. The molecule has 0 radical (unpaired) electrons. The number of hydrogen-bond donors (Lipinski definition) is 1. The topological polar surface area (TPSA) is 48.3 Å². The molecule has 2 unspecified atom stereocenters. The lowest BCUT2D eigenvalue weighted by Crippen LogP contribution is -2.32. The molecule has 0 amide bonds. The lowest BCUT2D eigenvalue weighted by atomic mass is 10.2. The highest BCUT2D eigenvalue weighted by Crippen LogP contribution is 2.24.